The van der Waals surface area contributed by atoms with E-state index in [4.69, 9.17) is 9.73 Å². The van der Waals surface area contributed by atoms with Crippen LogP contribution in [0.15, 0.2) is 29.3 Å². The molecule has 0 atom stereocenters. The minimum absolute atomic E-state index is 0.485. The molecule has 0 spiro atoms. The van der Waals surface area contributed by atoms with Gasteiger partial charge in [-0.05, 0) is 52.8 Å². The van der Waals surface area contributed by atoms with Crippen LogP contribution in [0.1, 0.15) is 53.0 Å². The molecule has 1 fully saturated rings. The molecule has 1 saturated heterocycles. The van der Waals surface area contributed by atoms with Crippen LogP contribution in [-0.4, -0.2) is 73.7 Å². The van der Waals surface area contributed by atoms with Gasteiger partial charge in [-0.3, -0.25) is 0 Å². The fourth-order valence-corrected chi connectivity index (χ4v) is 3.84. The second kappa shape index (κ2) is 13.5. The van der Waals surface area contributed by atoms with E-state index in [0.717, 1.165) is 69.4 Å². The largest absolute Gasteiger partial charge is 0.492 e. The van der Waals surface area contributed by atoms with Crippen molar-refractivity contribution in [2.24, 2.45) is 4.99 Å². The molecule has 0 saturated carbocycles. The average molecular weight is 418 g/mol. The average Bonchev–Trinajstić information content (AvgIpc) is 2.76. The van der Waals surface area contributed by atoms with E-state index in [1.807, 2.05) is 6.07 Å². The lowest BCUT2D eigenvalue weighted by molar-refractivity contribution is 0.167. The van der Waals surface area contributed by atoms with Crippen molar-refractivity contribution in [3.05, 3.63) is 29.8 Å². The van der Waals surface area contributed by atoms with Crippen molar-refractivity contribution in [1.29, 1.82) is 0 Å². The molecular weight excluding hydrogens is 374 g/mol. The summed E-state index contributed by atoms with van der Waals surface area (Å²) in [6, 6.07) is 9.37. The van der Waals surface area contributed by atoms with Gasteiger partial charge in [-0.25, -0.2) is 4.99 Å². The molecule has 30 heavy (non-hydrogen) atoms. The lowest BCUT2D eigenvalue weighted by Gasteiger charge is -2.35. The zero-order chi connectivity index (χ0) is 21.8. The van der Waals surface area contributed by atoms with Crippen molar-refractivity contribution in [2.45, 2.75) is 66.1 Å². The zero-order valence-electron chi connectivity index (χ0n) is 19.8. The van der Waals surface area contributed by atoms with Gasteiger partial charge < -0.3 is 25.2 Å². The summed E-state index contributed by atoms with van der Waals surface area (Å²) < 4.78 is 6.09. The molecular formula is C24H43N5O. The van der Waals surface area contributed by atoms with Crippen LogP contribution in [0.3, 0.4) is 0 Å². The van der Waals surface area contributed by atoms with Crippen LogP contribution in [0.5, 0.6) is 5.75 Å². The molecule has 0 radical (unpaired) electrons. The number of rotatable bonds is 11. The van der Waals surface area contributed by atoms with Gasteiger partial charge in [-0.1, -0.05) is 32.0 Å². The maximum atomic E-state index is 6.09. The highest BCUT2D eigenvalue weighted by molar-refractivity contribution is 5.80. The van der Waals surface area contributed by atoms with E-state index >= 15 is 0 Å². The number of para-hydroxylation sites is 1. The predicted molar refractivity (Wildman–Crippen MR) is 127 cm³/mol. The maximum Gasteiger partial charge on any atom is 0.191 e. The summed E-state index contributed by atoms with van der Waals surface area (Å²) in [6.07, 6.45) is 2.32. The lowest BCUT2D eigenvalue weighted by atomic mass is 10.0. The quantitative estimate of drug-likeness (QED) is 0.427. The number of nitrogens with zero attached hydrogens (tertiary/aromatic N) is 3. The van der Waals surface area contributed by atoms with Crippen LogP contribution < -0.4 is 15.4 Å². The van der Waals surface area contributed by atoms with E-state index in [1.165, 1.54) is 0 Å². The first kappa shape index (κ1) is 24.5. The van der Waals surface area contributed by atoms with Crippen LogP contribution in [-0.2, 0) is 6.54 Å². The fourth-order valence-electron chi connectivity index (χ4n) is 3.84. The fraction of sp³-hybridized carbons (Fsp3) is 0.708. The first-order chi connectivity index (χ1) is 14.6. The molecule has 1 aliphatic rings. The van der Waals surface area contributed by atoms with Gasteiger partial charge in [-0.15, -0.1) is 0 Å². The Kier molecular flexibility index (Phi) is 11.0. The normalized spacial score (nSPS) is 16.3. The summed E-state index contributed by atoms with van der Waals surface area (Å²) in [5.41, 5.74) is 1.13. The molecule has 2 N–H and O–H groups in total. The molecule has 0 amide bonds. The van der Waals surface area contributed by atoms with Crippen LogP contribution >= 0.6 is 0 Å². The van der Waals surface area contributed by atoms with Crippen LogP contribution in [0.4, 0.5) is 0 Å². The van der Waals surface area contributed by atoms with E-state index in [0.29, 0.717) is 25.2 Å². The van der Waals surface area contributed by atoms with E-state index in [1.54, 1.807) is 0 Å². The van der Waals surface area contributed by atoms with Crippen LogP contribution in [0.25, 0.3) is 0 Å². The standard InChI is InChI=1S/C24H43N5O/c1-6-25-24(27-22-13-15-29(16-14-22)20(4)5)26-19-21-11-9-10-12-23(21)30-18-17-28(7-2)8-3/h9-12,20,22H,6-8,13-19H2,1-5H3,(H2,25,26,27). The van der Waals surface area contributed by atoms with Gasteiger partial charge in [0.25, 0.3) is 0 Å². The number of nitrogens with one attached hydrogen (secondary N) is 2. The zero-order valence-corrected chi connectivity index (χ0v) is 19.8. The highest BCUT2D eigenvalue weighted by Gasteiger charge is 2.21. The topological polar surface area (TPSA) is 52.1 Å². The molecule has 1 heterocycles. The lowest BCUT2D eigenvalue weighted by Crippen LogP contribution is -2.49. The van der Waals surface area contributed by atoms with Gasteiger partial charge in [0.2, 0.25) is 0 Å². The Morgan fingerprint density at radius 1 is 1.17 bits per heavy atom. The van der Waals surface area contributed by atoms with E-state index in [-0.39, 0.29) is 0 Å². The van der Waals surface area contributed by atoms with Crippen LogP contribution in [0, 0.1) is 0 Å². The van der Waals surface area contributed by atoms with Gasteiger partial charge in [-0.2, -0.15) is 0 Å². The summed E-state index contributed by atoms with van der Waals surface area (Å²) in [5, 5.41) is 7.05. The Hall–Kier alpha value is -1.79. The van der Waals surface area contributed by atoms with E-state index < -0.39 is 0 Å². The minimum Gasteiger partial charge on any atom is -0.492 e. The molecule has 2 rings (SSSR count). The van der Waals surface area contributed by atoms with Gasteiger partial charge in [0, 0.05) is 43.8 Å². The number of hydrogen-bond donors (Lipinski definition) is 2. The summed E-state index contributed by atoms with van der Waals surface area (Å²) in [4.78, 5) is 9.78. The number of benzene rings is 1. The molecule has 1 aliphatic heterocycles. The highest BCUT2D eigenvalue weighted by atomic mass is 16.5. The summed E-state index contributed by atoms with van der Waals surface area (Å²) >= 11 is 0. The SMILES string of the molecule is CCNC(=NCc1ccccc1OCCN(CC)CC)NC1CCN(C(C)C)CC1. The van der Waals surface area contributed by atoms with Crippen molar-refractivity contribution >= 4 is 5.96 Å². The highest BCUT2D eigenvalue weighted by Crippen LogP contribution is 2.19. The van der Waals surface area contributed by atoms with E-state index in [9.17, 15) is 0 Å². The van der Waals surface area contributed by atoms with Crippen molar-refractivity contribution in [2.75, 3.05) is 45.9 Å². The maximum absolute atomic E-state index is 6.09. The van der Waals surface area contributed by atoms with Crippen molar-refractivity contribution in [3.63, 3.8) is 0 Å². The van der Waals surface area contributed by atoms with Crippen molar-refractivity contribution in [3.8, 4) is 5.75 Å². The Morgan fingerprint density at radius 2 is 1.87 bits per heavy atom. The summed E-state index contributed by atoms with van der Waals surface area (Å²) in [5.74, 6) is 1.84. The van der Waals surface area contributed by atoms with Gasteiger partial charge in [0.05, 0.1) is 6.54 Å². The second-order valence-electron chi connectivity index (χ2n) is 8.23. The van der Waals surface area contributed by atoms with E-state index in [2.05, 4.69) is 73.3 Å². The second-order valence-corrected chi connectivity index (χ2v) is 8.23. The molecule has 170 valence electrons. The number of ether oxygens (including phenoxy) is 1. The molecule has 1 aromatic carbocycles. The number of likely N-dealkylation sites (N-methyl/N-ethyl adjacent to an activating group) is 1. The Morgan fingerprint density at radius 3 is 2.50 bits per heavy atom. The monoisotopic (exact) mass is 417 g/mol. The van der Waals surface area contributed by atoms with Crippen molar-refractivity contribution in [1.82, 2.24) is 20.4 Å². The third-order valence-corrected chi connectivity index (χ3v) is 5.88. The summed E-state index contributed by atoms with van der Waals surface area (Å²) in [7, 11) is 0. The number of aliphatic imine (C=N–C) groups is 1. The summed E-state index contributed by atoms with van der Waals surface area (Å²) in [6.45, 7) is 18.6. The molecule has 0 aromatic heterocycles. The molecule has 0 aliphatic carbocycles. The number of likely N-dealkylation sites (tertiary alicyclic amines) is 1. The third kappa shape index (κ3) is 8.15. The molecule has 0 unspecified atom stereocenters. The van der Waals surface area contributed by atoms with Crippen LogP contribution in [0.2, 0.25) is 0 Å². The molecule has 6 nitrogen and oxygen atoms in total. The number of hydrogen-bond acceptors (Lipinski definition) is 4. The first-order valence-electron chi connectivity index (χ1n) is 11.8. The number of guanidine groups is 1. The first-order valence-corrected chi connectivity index (χ1v) is 11.8. The van der Waals surface area contributed by atoms with Crippen molar-refractivity contribution < 1.29 is 4.74 Å². The molecule has 6 heteroatoms. The van der Waals surface area contributed by atoms with Gasteiger partial charge >= 0.3 is 0 Å². The predicted octanol–water partition coefficient (Wildman–Crippen LogP) is 3.34. The van der Waals surface area contributed by atoms with Gasteiger partial charge in [0.1, 0.15) is 12.4 Å². The third-order valence-electron chi connectivity index (χ3n) is 5.88. The molecule has 1 aromatic rings. The Balaban J connectivity index is 1.92. The van der Waals surface area contributed by atoms with Gasteiger partial charge in [0.15, 0.2) is 5.96 Å². The Labute approximate surface area is 184 Å². The molecule has 0 bridgehead atoms. The minimum atomic E-state index is 0.485. The Bertz CT molecular complexity index is 622. The smallest absolute Gasteiger partial charge is 0.191 e. The number of piperidine rings is 1.